The summed E-state index contributed by atoms with van der Waals surface area (Å²) in [5.74, 6) is 0.920. The number of hydrogen-bond acceptors (Lipinski definition) is 2. The summed E-state index contributed by atoms with van der Waals surface area (Å²) in [7, 11) is 0. The fourth-order valence-electron chi connectivity index (χ4n) is 3.16. The summed E-state index contributed by atoms with van der Waals surface area (Å²) in [4.78, 5) is 12.0. The highest BCUT2D eigenvalue weighted by molar-refractivity contribution is 5.85. The van der Waals surface area contributed by atoms with E-state index in [2.05, 4.69) is 34.9 Å². The number of halogens is 1. The molecule has 1 heterocycles. The molecule has 3 rings (SSSR count). The van der Waals surface area contributed by atoms with E-state index in [4.69, 9.17) is 0 Å². The van der Waals surface area contributed by atoms with E-state index in [0.717, 1.165) is 26.1 Å². The van der Waals surface area contributed by atoms with Crippen molar-refractivity contribution in [3.05, 3.63) is 35.9 Å². The van der Waals surface area contributed by atoms with Crippen LogP contribution >= 0.6 is 12.4 Å². The van der Waals surface area contributed by atoms with Gasteiger partial charge in [0.05, 0.1) is 0 Å². The second-order valence-electron chi connectivity index (χ2n) is 6.32. The third-order valence-electron chi connectivity index (χ3n) is 4.81. The minimum atomic E-state index is 0. The first-order chi connectivity index (χ1) is 9.78. The molecule has 1 saturated carbocycles. The van der Waals surface area contributed by atoms with Crippen LogP contribution in [0.15, 0.2) is 30.3 Å². The molecule has 1 unspecified atom stereocenters. The van der Waals surface area contributed by atoms with Crippen LogP contribution in [0.4, 0.5) is 0 Å². The van der Waals surface area contributed by atoms with E-state index in [1.54, 1.807) is 0 Å². The van der Waals surface area contributed by atoms with Crippen molar-refractivity contribution in [1.29, 1.82) is 0 Å². The van der Waals surface area contributed by atoms with Crippen LogP contribution in [-0.4, -0.2) is 25.5 Å². The molecule has 0 aromatic heterocycles. The molecule has 2 N–H and O–H groups in total. The van der Waals surface area contributed by atoms with Gasteiger partial charge in [-0.05, 0) is 50.3 Å². The Morgan fingerprint density at radius 1 is 1.29 bits per heavy atom. The van der Waals surface area contributed by atoms with Crippen LogP contribution in [0.1, 0.15) is 37.7 Å². The lowest BCUT2D eigenvalue weighted by Crippen LogP contribution is -2.32. The van der Waals surface area contributed by atoms with E-state index in [9.17, 15) is 4.79 Å². The van der Waals surface area contributed by atoms with E-state index in [1.807, 2.05) is 6.07 Å². The fraction of sp³-hybridized carbons (Fsp3) is 0.588. The predicted molar refractivity (Wildman–Crippen MR) is 87.8 cm³/mol. The lowest BCUT2D eigenvalue weighted by molar-refractivity contribution is -0.121. The highest BCUT2D eigenvalue weighted by atomic mass is 35.5. The first-order valence-electron chi connectivity index (χ1n) is 7.81. The van der Waals surface area contributed by atoms with Crippen LogP contribution in [0, 0.1) is 5.92 Å². The maximum atomic E-state index is 12.0. The van der Waals surface area contributed by atoms with Crippen molar-refractivity contribution >= 4 is 18.3 Å². The first-order valence-corrected chi connectivity index (χ1v) is 7.81. The van der Waals surface area contributed by atoms with Crippen LogP contribution < -0.4 is 10.6 Å². The minimum absolute atomic E-state index is 0. The van der Waals surface area contributed by atoms with Crippen LogP contribution in [0.3, 0.4) is 0 Å². The van der Waals surface area contributed by atoms with Gasteiger partial charge in [-0.1, -0.05) is 30.3 Å². The zero-order valence-corrected chi connectivity index (χ0v) is 13.3. The van der Waals surface area contributed by atoms with E-state index in [-0.39, 0.29) is 23.7 Å². The van der Waals surface area contributed by atoms with Gasteiger partial charge >= 0.3 is 0 Å². The summed E-state index contributed by atoms with van der Waals surface area (Å²) in [5.41, 5.74) is 1.60. The number of hydrogen-bond donors (Lipinski definition) is 2. The molecule has 3 nitrogen and oxygen atoms in total. The SMILES string of the molecule is Cl.O=C(CCC1CCNC1)NCC1(c2ccccc2)CC1. The number of carbonyl (C=O) groups excluding carboxylic acids is 1. The molecule has 1 aromatic carbocycles. The number of nitrogens with one attached hydrogen (secondary N) is 2. The van der Waals surface area contributed by atoms with Crippen LogP contribution in [0.25, 0.3) is 0 Å². The Hall–Kier alpha value is -1.06. The van der Waals surface area contributed by atoms with Gasteiger partial charge in [0.2, 0.25) is 5.91 Å². The normalized spacial score (nSPS) is 22.4. The summed E-state index contributed by atoms with van der Waals surface area (Å²) in [5, 5.41) is 6.50. The van der Waals surface area contributed by atoms with Crippen molar-refractivity contribution in [2.75, 3.05) is 19.6 Å². The summed E-state index contributed by atoms with van der Waals surface area (Å²) >= 11 is 0. The third-order valence-corrected chi connectivity index (χ3v) is 4.81. The van der Waals surface area contributed by atoms with Gasteiger partial charge in [0.15, 0.2) is 0 Å². The van der Waals surface area contributed by atoms with Crippen molar-refractivity contribution in [3.8, 4) is 0 Å². The Kier molecular flexibility index (Phi) is 5.65. The van der Waals surface area contributed by atoms with E-state index >= 15 is 0 Å². The molecule has 1 aliphatic carbocycles. The highest BCUT2D eigenvalue weighted by Gasteiger charge is 2.44. The molecule has 2 fully saturated rings. The summed E-state index contributed by atoms with van der Waals surface area (Å²) in [6.07, 6.45) is 5.32. The van der Waals surface area contributed by atoms with E-state index < -0.39 is 0 Å². The Bertz CT molecular complexity index is 453. The van der Waals surface area contributed by atoms with Crippen molar-refractivity contribution in [2.24, 2.45) is 5.92 Å². The lowest BCUT2D eigenvalue weighted by Gasteiger charge is -2.17. The standard InChI is InChI=1S/C17H24N2O.ClH/c20-16(7-6-14-8-11-18-12-14)19-13-17(9-10-17)15-4-2-1-3-5-15;/h1-5,14,18H,6-13H2,(H,19,20);1H. The molecular weight excluding hydrogens is 284 g/mol. The topological polar surface area (TPSA) is 41.1 Å². The van der Waals surface area contributed by atoms with Crippen molar-refractivity contribution < 1.29 is 4.79 Å². The molecule has 4 heteroatoms. The van der Waals surface area contributed by atoms with Gasteiger partial charge in [-0.25, -0.2) is 0 Å². The number of amides is 1. The van der Waals surface area contributed by atoms with Gasteiger partial charge in [0.25, 0.3) is 0 Å². The molecule has 1 atom stereocenters. The average molecular weight is 309 g/mol. The number of carbonyl (C=O) groups is 1. The maximum absolute atomic E-state index is 12.0. The Morgan fingerprint density at radius 2 is 2.05 bits per heavy atom. The summed E-state index contributed by atoms with van der Waals surface area (Å²) in [6.45, 7) is 3.00. The Labute approximate surface area is 133 Å². The molecule has 0 bridgehead atoms. The van der Waals surface area contributed by atoms with E-state index in [0.29, 0.717) is 12.3 Å². The van der Waals surface area contributed by atoms with Gasteiger partial charge in [0, 0.05) is 18.4 Å². The Morgan fingerprint density at radius 3 is 2.67 bits per heavy atom. The largest absolute Gasteiger partial charge is 0.355 e. The molecule has 0 radical (unpaired) electrons. The second kappa shape index (κ2) is 7.28. The van der Waals surface area contributed by atoms with Crippen LogP contribution in [0.5, 0.6) is 0 Å². The van der Waals surface area contributed by atoms with E-state index in [1.165, 1.54) is 24.8 Å². The second-order valence-corrected chi connectivity index (χ2v) is 6.32. The Balaban J connectivity index is 0.00000161. The quantitative estimate of drug-likeness (QED) is 0.848. The van der Waals surface area contributed by atoms with Gasteiger partial charge in [-0.15, -0.1) is 12.4 Å². The summed E-state index contributed by atoms with van der Waals surface area (Å²) < 4.78 is 0. The molecule has 2 aliphatic rings. The molecule has 1 aliphatic heterocycles. The zero-order chi connectivity index (χ0) is 13.8. The number of rotatable bonds is 6. The van der Waals surface area contributed by atoms with Gasteiger partial charge in [-0.2, -0.15) is 0 Å². The van der Waals surface area contributed by atoms with Gasteiger partial charge < -0.3 is 10.6 Å². The fourth-order valence-corrected chi connectivity index (χ4v) is 3.16. The minimum Gasteiger partial charge on any atom is -0.355 e. The van der Waals surface area contributed by atoms with Gasteiger partial charge in [-0.3, -0.25) is 4.79 Å². The van der Waals surface area contributed by atoms with Crippen LogP contribution in [0.2, 0.25) is 0 Å². The van der Waals surface area contributed by atoms with Crippen molar-refractivity contribution in [2.45, 2.75) is 37.5 Å². The van der Waals surface area contributed by atoms with Crippen molar-refractivity contribution in [1.82, 2.24) is 10.6 Å². The average Bonchev–Trinajstić information content (AvgIpc) is 3.11. The zero-order valence-electron chi connectivity index (χ0n) is 12.4. The van der Waals surface area contributed by atoms with Crippen LogP contribution in [-0.2, 0) is 10.2 Å². The van der Waals surface area contributed by atoms with Gasteiger partial charge in [0.1, 0.15) is 0 Å². The monoisotopic (exact) mass is 308 g/mol. The molecule has 116 valence electrons. The maximum Gasteiger partial charge on any atom is 0.220 e. The summed E-state index contributed by atoms with van der Waals surface area (Å²) in [6, 6.07) is 10.6. The highest BCUT2D eigenvalue weighted by Crippen LogP contribution is 2.47. The lowest BCUT2D eigenvalue weighted by atomic mass is 9.96. The molecular formula is C17H25ClN2O. The molecule has 1 amide bonds. The predicted octanol–water partition coefficient (Wildman–Crippen LogP) is 2.65. The molecule has 0 spiro atoms. The first kappa shape index (κ1) is 16.3. The number of benzene rings is 1. The van der Waals surface area contributed by atoms with Crippen molar-refractivity contribution in [3.63, 3.8) is 0 Å². The molecule has 1 aromatic rings. The molecule has 1 saturated heterocycles. The molecule has 21 heavy (non-hydrogen) atoms. The third kappa shape index (κ3) is 4.21. The smallest absolute Gasteiger partial charge is 0.220 e.